The van der Waals surface area contributed by atoms with Gasteiger partial charge in [0.05, 0.1) is 5.56 Å². The van der Waals surface area contributed by atoms with Crippen LogP contribution in [0.1, 0.15) is 31.9 Å². The van der Waals surface area contributed by atoms with E-state index < -0.39 is 17.6 Å². The molecule has 0 radical (unpaired) electrons. The van der Waals surface area contributed by atoms with Gasteiger partial charge in [-0.25, -0.2) is 4.39 Å². The number of hydrogen-bond acceptors (Lipinski definition) is 2. The van der Waals surface area contributed by atoms with Crippen LogP contribution in [-0.4, -0.2) is 30.6 Å². The average Bonchev–Trinajstić information content (AvgIpc) is 2.42. The van der Waals surface area contributed by atoms with Gasteiger partial charge in [0.1, 0.15) is 5.82 Å². The summed E-state index contributed by atoms with van der Waals surface area (Å²) in [4.78, 5) is 2.19. The second-order valence-electron chi connectivity index (χ2n) is 5.07. The van der Waals surface area contributed by atoms with Crippen molar-refractivity contribution in [1.82, 2.24) is 10.2 Å². The van der Waals surface area contributed by atoms with Crippen molar-refractivity contribution >= 4 is 0 Å². The van der Waals surface area contributed by atoms with E-state index in [1.807, 2.05) is 20.8 Å². The van der Waals surface area contributed by atoms with E-state index in [1.165, 1.54) is 6.07 Å². The van der Waals surface area contributed by atoms with E-state index in [-0.39, 0.29) is 18.2 Å². The largest absolute Gasteiger partial charge is 0.416 e. The minimum Gasteiger partial charge on any atom is -0.309 e. The van der Waals surface area contributed by atoms with Gasteiger partial charge < -0.3 is 10.2 Å². The molecule has 1 aromatic carbocycles. The number of hydrogen-bond donors (Lipinski definition) is 1. The summed E-state index contributed by atoms with van der Waals surface area (Å²) in [5, 5.41) is 3.07. The SMILES string of the molecule is CCN(CC)CC(C)NCc1ccc(F)cc1C(F)(F)F. The van der Waals surface area contributed by atoms with Gasteiger partial charge in [0.15, 0.2) is 0 Å². The summed E-state index contributed by atoms with van der Waals surface area (Å²) in [6.07, 6.45) is -4.54. The van der Waals surface area contributed by atoms with Crippen molar-refractivity contribution in [2.75, 3.05) is 19.6 Å². The highest BCUT2D eigenvalue weighted by molar-refractivity contribution is 5.30. The summed E-state index contributed by atoms with van der Waals surface area (Å²) in [7, 11) is 0. The Morgan fingerprint density at radius 1 is 1.19 bits per heavy atom. The van der Waals surface area contributed by atoms with Gasteiger partial charge in [-0.2, -0.15) is 13.2 Å². The maximum absolute atomic E-state index is 13.0. The highest BCUT2D eigenvalue weighted by atomic mass is 19.4. The Bertz CT molecular complexity index is 442. The predicted octanol–water partition coefficient (Wildman–Crippen LogP) is 3.66. The number of nitrogens with zero attached hydrogens (tertiary/aromatic N) is 1. The number of rotatable bonds is 7. The van der Waals surface area contributed by atoms with Crippen LogP contribution in [-0.2, 0) is 12.7 Å². The molecule has 1 unspecified atom stereocenters. The Kier molecular flexibility index (Phi) is 6.61. The fourth-order valence-corrected chi connectivity index (χ4v) is 2.18. The molecular weight excluding hydrogens is 284 g/mol. The van der Waals surface area contributed by atoms with Crippen LogP contribution in [0.2, 0.25) is 0 Å². The van der Waals surface area contributed by atoms with Crippen LogP contribution in [0, 0.1) is 5.82 Å². The first-order valence-electron chi connectivity index (χ1n) is 7.09. The minimum atomic E-state index is -4.54. The molecule has 1 aromatic rings. The van der Waals surface area contributed by atoms with Crippen LogP contribution < -0.4 is 5.32 Å². The lowest BCUT2D eigenvalue weighted by atomic mass is 10.1. The second kappa shape index (κ2) is 7.75. The van der Waals surface area contributed by atoms with Crippen molar-refractivity contribution in [3.8, 4) is 0 Å². The molecule has 120 valence electrons. The molecule has 21 heavy (non-hydrogen) atoms. The quantitative estimate of drug-likeness (QED) is 0.773. The van der Waals surface area contributed by atoms with E-state index in [4.69, 9.17) is 0 Å². The molecular formula is C15H22F4N2. The normalized spacial score (nSPS) is 13.7. The monoisotopic (exact) mass is 306 g/mol. The van der Waals surface area contributed by atoms with Crippen molar-refractivity contribution in [3.63, 3.8) is 0 Å². The summed E-state index contributed by atoms with van der Waals surface area (Å²) in [5.74, 6) is -0.873. The maximum Gasteiger partial charge on any atom is 0.416 e. The molecule has 0 bridgehead atoms. The first kappa shape index (κ1) is 17.9. The number of benzene rings is 1. The van der Waals surface area contributed by atoms with Crippen LogP contribution in [0.3, 0.4) is 0 Å². The molecule has 1 atom stereocenters. The van der Waals surface area contributed by atoms with E-state index >= 15 is 0 Å². The Labute approximate surface area is 123 Å². The molecule has 0 aliphatic carbocycles. The lowest BCUT2D eigenvalue weighted by Gasteiger charge is -2.24. The number of alkyl halides is 3. The molecule has 0 aliphatic heterocycles. The summed E-state index contributed by atoms with van der Waals surface area (Å²) in [5.41, 5.74) is -0.847. The molecule has 2 nitrogen and oxygen atoms in total. The predicted molar refractivity (Wildman–Crippen MR) is 75.5 cm³/mol. The summed E-state index contributed by atoms with van der Waals surface area (Å²) in [6, 6.07) is 2.85. The molecule has 0 aliphatic rings. The minimum absolute atomic E-state index is 0.0519. The van der Waals surface area contributed by atoms with Gasteiger partial charge >= 0.3 is 6.18 Å². The molecule has 0 fully saturated rings. The smallest absolute Gasteiger partial charge is 0.309 e. The molecule has 0 amide bonds. The fourth-order valence-electron chi connectivity index (χ4n) is 2.18. The van der Waals surface area contributed by atoms with Crippen LogP contribution in [0.5, 0.6) is 0 Å². The van der Waals surface area contributed by atoms with Crippen molar-refractivity contribution in [1.29, 1.82) is 0 Å². The van der Waals surface area contributed by atoms with Gasteiger partial charge in [0.25, 0.3) is 0 Å². The zero-order valence-electron chi connectivity index (χ0n) is 12.6. The highest BCUT2D eigenvalue weighted by Gasteiger charge is 2.33. The zero-order valence-corrected chi connectivity index (χ0v) is 12.6. The van der Waals surface area contributed by atoms with E-state index in [0.717, 1.165) is 25.7 Å². The number of likely N-dealkylation sites (N-methyl/N-ethyl adjacent to an activating group) is 1. The molecule has 1 rings (SSSR count). The number of nitrogens with one attached hydrogen (secondary N) is 1. The van der Waals surface area contributed by atoms with Crippen LogP contribution >= 0.6 is 0 Å². The second-order valence-corrected chi connectivity index (χ2v) is 5.07. The van der Waals surface area contributed by atoms with E-state index in [2.05, 4.69) is 10.2 Å². The Hall–Kier alpha value is -1.14. The topological polar surface area (TPSA) is 15.3 Å². The lowest BCUT2D eigenvalue weighted by Crippen LogP contribution is -2.39. The van der Waals surface area contributed by atoms with Crippen molar-refractivity contribution in [2.24, 2.45) is 0 Å². The highest BCUT2D eigenvalue weighted by Crippen LogP contribution is 2.32. The Balaban J connectivity index is 2.71. The third kappa shape index (κ3) is 5.63. The summed E-state index contributed by atoms with van der Waals surface area (Å²) >= 11 is 0. The number of halogens is 4. The zero-order chi connectivity index (χ0) is 16.0. The average molecular weight is 306 g/mol. The van der Waals surface area contributed by atoms with Gasteiger partial charge in [-0.1, -0.05) is 19.9 Å². The van der Waals surface area contributed by atoms with Crippen LogP contribution in [0.25, 0.3) is 0 Å². The molecule has 0 heterocycles. The van der Waals surface area contributed by atoms with Crippen molar-refractivity contribution in [3.05, 3.63) is 35.1 Å². The standard InChI is InChI=1S/C15H22F4N2/c1-4-21(5-2)10-11(3)20-9-12-6-7-13(16)8-14(12)15(17,18)19/h6-8,11,20H,4-5,9-10H2,1-3H3. The Morgan fingerprint density at radius 3 is 2.33 bits per heavy atom. The summed E-state index contributed by atoms with van der Waals surface area (Å²) in [6.45, 7) is 8.62. The van der Waals surface area contributed by atoms with Crippen molar-refractivity contribution in [2.45, 2.75) is 39.5 Å². The maximum atomic E-state index is 13.0. The molecule has 0 spiro atoms. The lowest BCUT2D eigenvalue weighted by molar-refractivity contribution is -0.138. The molecule has 0 saturated heterocycles. The van der Waals surface area contributed by atoms with E-state index in [0.29, 0.717) is 6.07 Å². The third-order valence-electron chi connectivity index (χ3n) is 3.44. The molecule has 0 aromatic heterocycles. The van der Waals surface area contributed by atoms with Gasteiger partial charge in [0.2, 0.25) is 0 Å². The van der Waals surface area contributed by atoms with E-state index in [1.54, 1.807) is 0 Å². The molecule has 0 saturated carbocycles. The van der Waals surface area contributed by atoms with Crippen LogP contribution in [0.15, 0.2) is 18.2 Å². The molecule has 6 heteroatoms. The van der Waals surface area contributed by atoms with Crippen LogP contribution in [0.4, 0.5) is 17.6 Å². The first-order valence-corrected chi connectivity index (χ1v) is 7.09. The molecule has 1 N–H and O–H groups in total. The van der Waals surface area contributed by atoms with Gasteiger partial charge in [-0.05, 0) is 37.7 Å². The van der Waals surface area contributed by atoms with Gasteiger partial charge in [0, 0.05) is 19.1 Å². The van der Waals surface area contributed by atoms with Gasteiger partial charge in [-0.3, -0.25) is 0 Å². The first-order chi connectivity index (χ1) is 9.77. The van der Waals surface area contributed by atoms with Gasteiger partial charge in [-0.15, -0.1) is 0 Å². The van der Waals surface area contributed by atoms with Crippen molar-refractivity contribution < 1.29 is 17.6 Å². The Morgan fingerprint density at radius 2 is 1.81 bits per heavy atom. The van der Waals surface area contributed by atoms with E-state index in [9.17, 15) is 17.6 Å². The third-order valence-corrected chi connectivity index (χ3v) is 3.44. The summed E-state index contributed by atoms with van der Waals surface area (Å²) < 4.78 is 51.6. The fraction of sp³-hybridized carbons (Fsp3) is 0.600.